The third kappa shape index (κ3) is 5.31. The molecule has 122 valence electrons. The molecule has 0 heterocycles. The highest BCUT2D eigenvalue weighted by molar-refractivity contribution is 6.30. The molecule has 1 rings (SSSR count). The number of carbonyl (C=O) groups excluding carboxylic acids is 2. The fourth-order valence-corrected chi connectivity index (χ4v) is 2.16. The number of rotatable bonds is 7. The van der Waals surface area contributed by atoms with Crippen LogP contribution >= 0.6 is 11.6 Å². The van der Waals surface area contributed by atoms with Gasteiger partial charge in [-0.2, -0.15) is 0 Å². The summed E-state index contributed by atoms with van der Waals surface area (Å²) in [6.45, 7) is 5.55. The second-order valence-electron chi connectivity index (χ2n) is 4.96. The first-order valence-electron chi connectivity index (χ1n) is 7.33. The lowest BCUT2D eigenvalue weighted by Crippen LogP contribution is -2.40. The highest BCUT2D eigenvalue weighted by atomic mass is 35.5. The fourth-order valence-electron chi connectivity index (χ4n) is 2.04. The molecule has 2 unspecified atom stereocenters. The van der Waals surface area contributed by atoms with Crippen molar-refractivity contribution >= 4 is 23.5 Å². The van der Waals surface area contributed by atoms with Crippen LogP contribution in [0, 0.1) is 0 Å². The van der Waals surface area contributed by atoms with Gasteiger partial charge in [-0.05, 0) is 44.5 Å². The van der Waals surface area contributed by atoms with Crippen LogP contribution in [0.2, 0.25) is 5.02 Å². The third-order valence-electron chi connectivity index (χ3n) is 3.32. The van der Waals surface area contributed by atoms with E-state index in [9.17, 15) is 14.7 Å². The van der Waals surface area contributed by atoms with Gasteiger partial charge in [0.2, 0.25) is 5.91 Å². The first-order valence-corrected chi connectivity index (χ1v) is 7.70. The van der Waals surface area contributed by atoms with Crippen LogP contribution in [0.3, 0.4) is 0 Å². The van der Waals surface area contributed by atoms with Gasteiger partial charge in [0.1, 0.15) is 12.3 Å². The average Bonchev–Trinajstić information content (AvgIpc) is 2.47. The fraction of sp³-hybridized carbons (Fsp3) is 0.500. The van der Waals surface area contributed by atoms with Crippen LogP contribution in [-0.4, -0.2) is 40.8 Å². The van der Waals surface area contributed by atoms with Crippen LogP contribution in [0.4, 0.5) is 0 Å². The molecule has 0 aromatic heterocycles. The van der Waals surface area contributed by atoms with Gasteiger partial charge in [0.15, 0.2) is 0 Å². The number of carbonyl (C=O) groups is 2. The Morgan fingerprint density at radius 1 is 1.27 bits per heavy atom. The zero-order valence-electron chi connectivity index (χ0n) is 13.1. The molecule has 6 heteroatoms. The number of benzene rings is 1. The van der Waals surface area contributed by atoms with Crippen molar-refractivity contribution in [3.05, 3.63) is 34.9 Å². The number of esters is 1. The number of aliphatic hydroxyl groups excluding tert-OH is 1. The summed E-state index contributed by atoms with van der Waals surface area (Å²) in [6.07, 6.45) is -0.817. The normalized spacial score (nSPS) is 13.3. The Bertz CT molecular complexity index is 501. The van der Waals surface area contributed by atoms with Crippen molar-refractivity contribution in [3.63, 3.8) is 0 Å². The summed E-state index contributed by atoms with van der Waals surface area (Å²) in [7, 11) is 0. The molecular formula is C16H22ClNO4. The summed E-state index contributed by atoms with van der Waals surface area (Å²) >= 11 is 5.77. The number of ether oxygens (including phenoxy) is 1. The van der Waals surface area contributed by atoms with Crippen molar-refractivity contribution in [2.24, 2.45) is 0 Å². The summed E-state index contributed by atoms with van der Waals surface area (Å²) in [5, 5.41) is 10.1. The molecule has 0 aliphatic carbocycles. The molecule has 5 nitrogen and oxygen atoms in total. The molecule has 0 radical (unpaired) electrons. The molecule has 0 fully saturated rings. The van der Waals surface area contributed by atoms with E-state index in [-0.39, 0.29) is 12.3 Å². The van der Waals surface area contributed by atoms with E-state index >= 15 is 0 Å². The first-order chi connectivity index (χ1) is 10.4. The van der Waals surface area contributed by atoms with Gasteiger partial charge in [0.05, 0.1) is 12.0 Å². The second kappa shape index (κ2) is 8.76. The number of halogens is 1. The van der Waals surface area contributed by atoms with Gasteiger partial charge >= 0.3 is 5.97 Å². The maximum atomic E-state index is 12.1. The first kappa shape index (κ1) is 18.5. The molecule has 2 atom stereocenters. The van der Waals surface area contributed by atoms with E-state index < -0.39 is 18.3 Å². The quantitative estimate of drug-likeness (QED) is 0.617. The molecule has 0 saturated carbocycles. The van der Waals surface area contributed by atoms with Crippen LogP contribution in [0.1, 0.15) is 44.0 Å². The summed E-state index contributed by atoms with van der Waals surface area (Å²) < 4.78 is 5.36. The highest BCUT2D eigenvalue weighted by Crippen LogP contribution is 2.14. The lowest BCUT2D eigenvalue weighted by atomic mass is 10.1. The summed E-state index contributed by atoms with van der Waals surface area (Å²) in [6, 6.07) is 6.37. The third-order valence-corrected chi connectivity index (χ3v) is 3.58. The largest absolute Gasteiger partial charge is 0.458 e. The van der Waals surface area contributed by atoms with Gasteiger partial charge in [-0.1, -0.05) is 18.5 Å². The Morgan fingerprint density at radius 2 is 1.86 bits per heavy atom. The number of hydrogen-bond acceptors (Lipinski definition) is 4. The molecule has 1 aromatic carbocycles. The minimum atomic E-state index is -0.859. The zero-order valence-corrected chi connectivity index (χ0v) is 13.8. The summed E-state index contributed by atoms with van der Waals surface area (Å²) in [4.78, 5) is 25.5. The number of hydrogen-bond donors (Lipinski definition) is 1. The summed E-state index contributed by atoms with van der Waals surface area (Å²) in [5.41, 5.74) is 0.387. The molecule has 1 amide bonds. The van der Waals surface area contributed by atoms with Crippen LogP contribution < -0.4 is 0 Å². The molecule has 0 aliphatic heterocycles. The number of amides is 1. The predicted molar refractivity (Wildman–Crippen MR) is 84.6 cm³/mol. The van der Waals surface area contributed by atoms with Crippen molar-refractivity contribution in [1.29, 1.82) is 0 Å². The molecule has 1 aromatic rings. The molecule has 0 saturated heterocycles. The van der Waals surface area contributed by atoms with Gasteiger partial charge in [0.25, 0.3) is 0 Å². The predicted octanol–water partition coefficient (Wildman–Crippen LogP) is 2.85. The van der Waals surface area contributed by atoms with Crippen molar-refractivity contribution < 1.29 is 19.4 Å². The van der Waals surface area contributed by atoms with E-state index in [1.807, 2.05) is 6.92 Å². The Balaban J connectivity index is 2.66. The topological polar surface area (TPSA) is 66.8 Å². The van der Waals surface area contributed by atoms with Crippen LogP contribution in [0.15, 0.2) is 24.3 Å². The van der Waals surface area contributed by atoms with Crippen molar-refractivity contribution in [3.8, 4) is 0 Å². The van der Waals surface area contributed by atoms with Crippen molar-refractivity contribution in [2.45, 2.75) is 45.9 Å². The van der Waals surface area contributed by atoms with Gasteiger partial charge in [-0.15, -0.1) is 0 Å². The van der Waals surface area contributed by atoms with E-state index in [1.54, 1.807) is 31.2 Å². The zero-order chi connectivity index (χ0) is 16.7. The Hall–Kier alpha value is -1.59. The molecule has 0 bridgehead atoms. The van der Waals surface area contributed by atoms with Crippen molar-refractivity contribution in [2.75, 3.05) is 6.54 Å². The van der Waals surface area contributed by atoms with Gasteiger partial charge in [-0.25, -0.2) is 4.79 Å². The minimum Gasteiger partial charge on any atom is -0.458 e. The SMILES string of the molecule is CCC(CC(=O)N(CC)C(C)O)OC(=O)c1ccc(Cl)cc1. The lowest BCUT2D eigenvalue weighted by molar-refractivity contribution is -0.141. The molecule has 0 spiro atoms. The van der Waals surface area contributed by atoms with Gasteiger partial charge in [0, 0.05) is 11.6 Å². The van der Waals surface area contributed by atoms with E-state index in [0.717, 1.165) is 0 Å². The molecule has 1 N–H and O–H groups in total. The van der Waals surface area contributed by atoms with Crippen LogP contribution in [-0.2, 0) is 9.53 Å². The maximum Gasteiger partial charge on any atom is 0.338 e. The standard InChI is InChI=1S/C16H22ClNO4/c1-4-14(10-15(20)18(5-2)11(3)19)22-16(21)12-6-8-13(17)9-7-12/h6-9,11,14,19H,4-5,10H2,1-3H3. The average molecular weight is 328 g/mol. The smallest absolute Gasteiger partial charge is 0.338 e. The Kier molecular flexibility index (Phi) is 7.35. The van der Waals surface area contributed by atoms with Crippen LogP contribution in [0.25, 0.3) is 0 Å². The second-order valence-corrected chi connectivity index (χ2v) is 5.39. The number of nitrogens with zero attached hydrogens (tertiary/aromatic N) is 1. The van der Waals surface area contributed by atoms with E-state index in [1.165, 1.54) is 11.8 Å². The minimum absolute atomic E-state index is 0.0502. The van der Waals surface area contributed by atoms with Gasteiger partial charge in [-0.3, -0.25) is 4.79 Å². The molecule has 0 aliphatic rings. The highest BCUT2D eigenvalue weighted by Gasteiger charge is 2.23. The van der Waals surface area contributed by atoms with Gasteiger partial charge < -0.3 is 14.7 Å². The Labute approximate surface area is 135 Å². The van der Waals surface area contributed by atoms with E-state index in [4.69, 9.17) is 16.3 Å². The number of aliphatic hydroxyl groups is 1. The van der Waals surface area contributed by atoms with Crippen LogP contribution in [0.5, 0.6) is 0 Å². The monoisotopic (exact) mass is 327 g/mol. The lowest BCUT2D eigenvalue weighted by Gasteiger charge is -2.26. The maximum absolute atomic E-state index is 12.1. The summed E-state index contributed by atoms with van der Waals surface area (Å²) in [5.74, 6) is -0.732. The van der Waals surface area contributed by atoms with E-state index in [2.05, 4.69) is 0 Å². The molecule has 22 heavy (non-hydrogen) atoms. The molecular weight excluding hydrogens is 306 g/mol. The van der Waals surface area contributed by atoms with Crippen molar-refractivity contribution in [1.82, 2.24) is 4.90 Å². The Morgan fingerprint density at radius 3 is 2.32 bits per heavy atom. The van der Waals surface area contributed by atoms with E-state index in [0.29, 0.717) is 23.6 Å².